The first-order valence-corrected chi connectivity index (χ1v) is 10.2. The van der Waals surface area contributed by atoms with E-state index >= 15 is 0 Å². The van der Waals surface area contributed by atoms with Crippen molar-refractivity contribution in [3.63, 3.8) is 0 Å². The number of aliphatic hydroxyl groups excluding tert-OH is 1. The Kier molecular flexibility index (Phi) is 5.04. The third-order valence-corrected chi connectivity index (χ3v) is 7.14. The molecule has 1 fully saturated rings. The predicted octanol–water partition coefficient (Wildman–Crippen LogP) is 5.74. The molecule has 2 nitrogen and oxygen atoms in total. The molecule has 4 heteroatoms. The van der Waals surface area contributed by atoms with Crippen LogP contribution in [0.2, 0.25) is 10.0 Å². The average Bonchev–Trinajstić information content (AvgIpc) is 2.99. The van der Waals surface area contributed by atoms with Crippen LogP contribution in [-0.4, -0.2) is 23.2 Å². The quantitative estimate of drug-likeness (QED) is 0.722. The van der Waals surface area contributed by atoms with E-state index in [1.807, 2.05) is 12.1 Å². The molecule has 1 N–H and O–H groups in total. The third kappa shape index (κ3) is 2.97. The molecular weight excluding hydrogens is 365 g/mol. The predicted molar refractivity (Wildman–Crippen MR) is 108 cm³/mol. The standard InChI is InChI=1S/C22H25Cl2NO/c1-25(21-17-8-4-3-7-15(17)13-20(21)26)22(11-5-2-6-12-22)16-9-10-18(23)19(24)14-16/h3-4,7-10,14,20-21,26H,2,5-6,11-13H2,1H3. The molecule has 2 aliphatic rings. The third-order valence-electron chi connectivity index (χ3n) is 6.40. The van der Waals surface area contributed by atoms with E-state index in [4.69, 9.17) is 23.2 Å². The van der Waals surface area contributed by atoms with E-state index in [9.17, 15) is 5.11 Å². The Hall–Kier alpha value is -1.06. The van der Waals surface area contributed by atoms with Crippen molar-refractivity contribution in [2.75, 3.05) is 7.05 Å². The lowest BCUT2D eigenvalue weighted by Crippen LogP contribution is -2.49. The number of likely N-dealkylation sites (N-methyl/N-ethyl adjacent to an activating group) is 1. The molecule has 1 saturated carbocycles. The van der Waals surface area contributed by atoms with Crippen LogP contribution in [-0.2, 0) is 12.0 Å². The van der Waals surface area contributed by atoms with Gasteiger partial charge in [-0.3, -0.25) is 4.90 Å². The number of hydrogen-bond donors (Lipinski definition) is 1. The van der Waals surface area contributed by atoms with Gasteiger partial charge in [0.25, 0.3) is 0 Å². The summed E-state index contributed by atoms with van der Waals surface area (Å²) in [6, 6.07) is 14.5. The fourth-order valence-corrected chi connectivity index (χ4v) is 5.35. The molecular formula is C22H25Cl2NO. The minimum atomic E-state index is -0.376. The van der Waals surface area contributed by atoms with Crippen molar-refractivity contribution in [2.45, 2.75) is 56.2 Å². The largest absolute Gasteiger partial charge is 0.391 e. The van der Waals surface area contributed by atoms with Gasteiger partial charge >= 0.3 is 0 Å². The highest BCUT2D eigenvalue weighted by atomic mass is 35.5. The molecule has 0 aliphatic heterocycles. The van der Waals surface area contributed by atoms with E-state index < -0.39 is 0 Å². The maximum absolute atomic E-state index is 10.9. The minimum absolute atomic E-state index is 0.0127. The zero-order valence-corrected chi connectivity index (χ0v) is 16.6. The first kappa shape index (κ1) is 18.3. The van der Waals surface area contributed by atoms with Gasteiger partial charge < -0.3 is 5.11 Å². The smallest absolute Gasteiger partial charge is 0.0777 e. The van der Waals surface area contributed by atoms with Gasteiger partial charge in [-0.05, 0) is 48.7 Å². The van der Waals surface area contributed by atoms with Crippen LogP contribution in [0.4, 0.5) is 0 Å². The molecule has 0 amide bonds. The Balaban J connectivity index is 1.78. The Morgan fingerprint density at radius 1 is 1.00 bits per heavy atom. The lowest BCUT2D eigenvalue weighted by molar-refractivity contribution is -0.0184. The highest BCUT2D eigenvalue weighted by molar-refractivity contribution is 6.42. The summed E-state index contributed by atoms with van der Waals surface area (Å²) in [5.74, 6) is 0. The van der Waals surface area contributed by atoms with Gasteiger partial charge in [0.15, 0.2) is 0 Å². The second-order valence-electron chi connectivity index (χ2n) is 7.75. The van der Waals surface area contributed by atoms with E-state index in [1.165, 1.54) is 36.0 Å². The van der Waals surface area contributed by atoms with Crippen molar-refractivity contribution in [2.24, 2.45) is 0 Å². The zero-order valence-electron chi connectivity index (χ0n) is 15.1. The Morgan fingerprint density at radius 3 is 2.46 bits per heavy atom. The minimum Gasteiger partial charge on any atom is -0.391 e. The maximum Gasteiger partial charge on any atom is 0.0777 e. The molecule has 26 heavy (non-hydrogen) atoms. The van der Waals surface area contributed by atoms with Crippen molar-refractivity contribution in [1.82, 2.24) is 4.90 Å². The number of fused-ring (bicyclic) bond motifs is 1. The van der Waals surface area contributed by atoms with Crippen LogP contribution < -0.4 is 0 Å². The van der Waals surface area contributed by atoms with Gasteiger partial charge in [0, 0.05) is 12.0 Å². The second kappa shape index (κ2) is 7.16. The van der Waals surface area contributed by atoms with Crippen LogP contribution in [0, 0.1) is 0 Å². The van der Waals surface area contributed by atoms with Crippen LogP contribution in [0.1, 0.15) is 54.8 Å². The molecule has 4 rings (SSSR count). The van der Waals surface area contributed by atoms with Crippen molar-refractivity contribution in [3.05, 3.63) is 69.2 Å². The van der Waals surface area contributed by atoms with E-state index in [-0.39, 0.29) is 17.7 Å². The molecule has 0 saturated heterocycles. The van der Waals surface area contributed by atoms with Crippen molar-refractivity contribution in [1.29, 1.82) is 0 Å². The topological polar surface area (TPSA) is 23.5 Å². The van der Waals surface area contributed by atoms with Crippen LogP contribution in [0.15, 0.2) is 42.5 Å². The summed E-state index contributed by atoms with van der Waals surface area (Å²) in [6.07, 6.45) is 6.15. The summed E-state index contributed by atoms with van der Waals surface area (Å²) in [6.45, 7) is 0. The Bertz CT molecular complexity index is 800. The highest BCUT2D eigenvalue weighted by Gasteiger charge is 2.45. The van der Waals surface area contributed by atoms with Crippen molar-refractivity contribution in [3.8, 4) is 0 Å². The number of hydrogen-bond acceptors (Lipinski definition) is 2. The fraction of sp³-hybridized carbons (Fsp3) is 0.455. The molecule has 138 valence electrons. The molecule has 2 aromatic rings. The van der Waals surface area contributed by atoms with Crippen molar-refractivity contribution >= 4 is 23.2 Å². The van der Waals surface area contributed by atoms with Gasteiger partial charge in [-0.2, -0.15) is 0 Å². The number of nitrogens with zero attached hydrogens (tertiary/aromatic N) is 1. The summed E-state index contributed by atoms with van der Waals surface area (Å²) in [4.78, 5) is 2.42. The molecule has 0 spiro atoms. The van der Waals surface area contributed by atoms with Gasteiger partial charge in [0.2, 0.25) is 0 Å². The van der Waals surface area contributed by atoms with Crippen LogP contribution in [0.5, 0.6) is 0 Å². The van der Waals surface area contributed by atoms with E-state index in [0.29, 0.717) is 10.0 Å². The van der Waals surface area contributed by atoms with Gasteiger partial charge in [-0.1, -0.05) is 72.8 Å². The number of aliphatic hydroxyl groups is 1. The normalized spacial score (nSPS) is 24.7. The zero-order chi connectivity index (χ0) is 18.3. The van der Waals surface area contributed by atoms with E-state index in [2.05, 4.69) is 42.3 Å². The molecule has 2 aliphatic carbocycles. The molecule has 0 bridgehead atoms. The summed E-state index contributed by atoms with van der Waals surface area (Å²) in [7, 11) is 2.17. The second-order valence-corrected chi connectivity index (χ2v) is 8.56. The van der Waals surface area contributed by atoms with Crippen molar-refractivity contribution < 1.29 is 5.11 Å². The molecule has 2 aromatic carbocycles. The fourth-order valence-electron chi connectivity index (χ4n) is 5.05. The molecule has 0 radical (unpaired) electrons. The van der Waals surface area contributed by atoms with Crippen LogP contribution >= 0.6 is 23.2 Å². The highest BCUT2D eigenvalue weighted by Crippen LogP contribution is 2.49. The number of halogens is 2. The maximum atomic E-state index is 10.9. The lowest BCUT2D eigenvalue weighted by Gasteiger charge is -2.49. The number of benzene rings is 2. The van der Waals surface area contributed by atoms with E-state index in [0.717, 1.165) is 19.3 Å². The van der Waals surface area contributed by atoms with Gasteiger partial charge in [-0.25, -0.2) is 0 Å². The van der Waals surface area contributed by atoms with Gasteiger partial charge in [0.05, 0.1) is 22.2 Å². The molecule has 0 heterocycles. The summed E-state index contributed by atoms with van der Waals surface area (Å²) in [5, 5.41) is 12.1. The van der Waals surface area contributed by atoms with Gasteiger partial charge in [-0.15, -0.1) is 0 Å². The monoisotopic (exact) mass is 389 g/mol. The summed E-state index contributed by atoms with van der Waals surface area (Å²) >= 11 is 12.5. The lowest BCUT2D eigenvalue weighted by atomic mass is 9.74. The van der Waals surface area contributed by atoms with Gasteiger partial charge in [0.1, 0.15) is 0 Å². The van der Waals surface area contributed by atoms with Crippen LogP contribution in [0.25, 0.3) is 0 Å². The molecule has 2 atom stereocenters. The summed E-state index contributed by atoms with van der Waals surface area (Å²) in [5.41, 5.74) is 3.62. The molecule has 0 aromatic heterocycles. The number of rotatable bonds is 3. The summed E-state index contributed by atoms with van der Waals surface area (Å²) < 4.78 is 0. The SMILES string of the molecule is CN(C1c2ccccc2CC1O)C1(c2ccc(Cl)c(Cl)c2)CCCCC1. The Morgan fingerprint density at radius 2 is 1.73 bits per heavy atom. The molecule has 2 unspecified atom stereocenters. The average molecular weight is 390 g/mol. The first-order chi connectivity index (χ1) is 12.5. The first-order valence-electron chi connectivity index (χ1n) is 9.47. The van der Waals surface area contributed by atoms with E-state index in [1.54, 1.807) is 0 Å². The Labute approximate surface area is 165 Å². The van der Waals surface area contributed by atoms with Crippen LogP contribution in [0.3, 0.4) is 0 Å².